The van der Waals surface area contributed by atoms with E-state index in [0.29, 0.717) is 17.4 Å². The molecule has 4 rings (SSSR count). The number of benzene rings is 2. The molecule has 0 atom stereocenters. The van der Waals surface area contributed by atoms with Crippen LogP contribution in [0, 0.1) is 0 Å². The molecule has 0 bridgehead atoms. The van der Waals surface area contributed by atoms with Crippen LogP contribution in [0.1, 0.15) is 10.5 Å². The number of hydrogen-bond acceptors (Lipinski definition) is 5. The molecule has 0 fully saturated rings. The number of halogens is 1. The van der Waals surface area contributed by atoms with Gasteiger partial charge in [-0.25, -0.2) is 14.8 Å². The quantitative estimate of drug-likeness (QED) is 0.457. The second-order valence-corrected chi connectivity index (χ2v) is 6.98. The molecule has 0 unspecified atom stereocenters. The van der Waals surface area contributed by atoms with Crippen LogP contribution in [0.15, 0.2) is 65.3 Å². The third kappa shape index (κ3) is 3.67. The molecule has 2 N–H and O–H groups in total. The van der Waals surface area contributed by atoms with E-state index in [1.807, 2.05) is 54.1 Å². The van der Waals surface area contributed by atoms with Crippen molar-refractivity contribution >= 4 is 44.6 Å². The number of nitrogens with one attached hydrogen (secondary N) is 1. The van der Waals surface area contributed by atoms with Gasteiger partial charge >= 0.3 is 5.97 Å². The number of rotatable bonds is 5. The fourth-order valence-corrected chi connectivity index (χ4v) is 3.01. The number of hydrogen-bond donors (Lipinski definition) is 2. The monoisotopic (exact) mass is 438 g/mol. The largest absolute Gasteiger partial charge is 0.477 e. The van der Waals surface area contributed by atoms with E-state index in [9.17, 15) is 4.79 Å². The first-order valence-corrected chi connectivity index (χ1v) is 9.15. The van der Waals surface area contributed by atoms with E-state index in [4.69, 9.17) is 9.84 Å². The number of carboxylic acid groups (broad SMARTS) is 1. The lowest BCUT2D eigenvalue weighted by Crippen LogP contribution is -1.99. The molecule has 140 valence electrons. The predicted octanol–water partition coefficient (Wildman–Crippen LogP) is 4.96. The molecular weight excluding hydrogens is 424 g/mol. The Hall–Kier alpha value is -3.39. The van der Waals surface area contributed by atoms with Crippen molar-refractivity contribution in [3.8, 4) is 11.5 Å². The summed E-state index contributed by atoms with van der Waals surface area (Å²) in [7, 11) is 1.93. The van der Waals surface area contributed by atoms with Crippen LogP contribution in [0.2, 0.25) is 0 Å². The Kier molecular flexibility index (Phi) is 4.70. The number of imidazole rings is 1. The number of carbonyl (C=O) groups is 1. The lowest BCUT2D eigenvalue weighted by Gasteiger charge is -2.07. The van der Waals surface area contributed by atoms with E-state index >= 15 is 0 Å². The second-order valence-electron chi connectivity index (χ2n) is 6.06. The van der Waals surface area contributed by atoms with Gasteiger partial charge in [-0.15, -0.1) is 0 Å². The molecule has 0 aliphatic carbocycles. The minimum atomic E-state index is -1.10. The maximum absolute atomic E-state index is 11.0. The van der Waals surface area contributed by atoms with Gasteiger partial charge in [-0.1, -0.05) is 15.9 Å². The van der Waals surface area contributed by atoms with Crippen LogP contribution in [0.25, 0.3) is 11.0 Å². The molecule has 0 saturated heterocycles. The molecule has 8 heteroatoms. The summed E-state index contributed by atoms with van der Waals surface area (Å²) in [6, 6.07) is 16.3. The number of carboxylic acids is 1. The van der Waals surface area contributed by atoms with Crippen LogP contribution in [-0.4, -0.2) is 25.6 Å². The SMILES string of the molecule is Cn1c(Nc2ccc(Br)cc2)nc2cc(Oc3ccnc(C(=O)O)c3)ccc21. The lowest BCUT2D eigenvalue weighted by atomic mass is 10.3. The van der Waals surface area contributed by atoms with Crippen molar-refractivity contribution in [1.29, 1.82) is 0 Å². The number of aromatic nitrogens is 3. The first kappa shape index (κ1) is 18.0. The molecule has 7 nitrogen and oxygen atoms in total. The highest BCUT2D eigenvalue weighted by Crippen LogP contribution is 2.28. The number of anilines is 2. The van der Waals surface area contributed by atoms with Crippen molar-refractivity contribution in [1.82, 2.24) is 14.5 Å². The van der Waals surface area contributed by atoms with Crippen molar-refractivity contribution in [2.45, 2.75) is 0 Å². The molecular formula is C20H15BrN4O3. The Morgan fingerprint density at radius 3 is 2.61 bits per heavy atom. The minimum Gasteiger partial charge on any atom is -0.477 e. The molecule has 0 aliphatic heterocycles. The van der Waals surface area contributed by atoms with E-state index in [0.717, 1.165) is 21.2 Å². The van der Waals surface area contributed by atoms with Crippen LogP contribution >= 0.6 is 15.9 Å². The zero-order chi connectivity index (χ0) is 19.7. The highest BCUT2D eigenvalue weighted by Gasteiger charge is 2.11. The van der Waals surface area contributed by atoms with Crippen LogP contribution in [0.5, 0.6) is 11.5 Å². The van der Waals surface area contributed by atoms with E-state index in [2.05, 4.69) is 31.2 Å². The fraction of sp³-hybridized carbons (Fsp3) is 0.0500. The van der Waals surface area contributed by atoms with Gasteiger partial charge in [0.05, 0.1) is 11.0 Å². The normalized spacial score (nSPS) is 10.8. The summed E-state index contributed by atoms with van der Waals surface area (Å²) in [5, 5.41) is 12.3. The summed E-state index contributed by atoms with van der Waals surface area (Å²) in [6.45, 7) is 0. The molecule has 0 aliphatic rings. The highest BCUT2D eigenvalue weighted by atomic mass is 79.9. The van der Waals surface area contributed by atoms with Gasteiger partial charge in [0.2, 0.25) is 5.95 Å². The van der Waals surface area contributed by atoms with Crippen LogP contribution in [0.4, 0.5) is 11.6 Å². The molecule has 0 amide bonds. The topological polar surface area (TPSA) is 89.3 Å². The number of ether oxygens (including phenoxy) is 1. The molecule has 2 aromatic heterocycles. The summed E-state index contributed by atoms with van der Waals surface area (Å²) in [6.07, 6.45) is 1.40. The highest BCUT2D eigenvalue weighted by molar-refractivity contribution is 9.10. The molecule has 4 aromatic rings. The summed E-state index contributed by atoms with van der Waals surface area (Å²) < 4.78 is 8.74. The van der Waals surface area contributed by atoms with Gasteiger partial charge in [0.15, 0.2) is 5.69 Å². The van der Waals surface area contributed by atoms with Gasteiger partial charge in [0.25, 0.3) is 0 Å². The van der Waals surface area contributed by atoms with Gasteiger partial charge < -0.3 is 19.7 Å². The third-order valence-electron chi connectivity index (χ3n) is 4.14. The van der Waals surface area contributed by atoms with Crippen molar-refractivity contribution in [2.24, 2.45) is 7.05 Å². The Bertz CT molecular complexity index is 1170. The Morgan fingerprint density at radius 2 is 1.86 bits per heavy atom. The summed E-state index contributed by atoms with van der Waals surface area (Å²) in [4.78, 5) is 19.5. The van der Waals surface area contributed by atoms with Crippen LogP contribution in [-0.2, 0) is 7.05 Å². The van der Waals surface area contributed by atoms with Crippen molar-refractivity contribution in [3.63, 3.8) is 0 Å². The number of aryl methyl sites for hydroxylation is 1. The summed E-state index contributed by atoms with van der Waals surface area (Å²) in [5.74, 6) is 0.556. The standard InChI is InChI=1S/C20H15BrN4O3/c1-25-18-7-6-14(28-15-8-9-22-17(11-15)19(26)27)10-16(18)24-20(25)23-13-4-2-12(21)3-5-13/h2-11H,1H3,(H,23,24)(H,26,27). The van der Waals surface area contributed by atoms with Crippen molar-refractivity contribution < 1.29 is 14.6 Å². The molecule has 2 aromatic carbocycles. The van der Waals surface area contributed by atoms with E-state index in [1.165, 1.54) is 12.3 Å². The number of fused-ring (bicyclic) bond motifs is 1. The Morgan fingerprint density at radius 1 is 1.11 bits per heavy atom. The summed E-state index contributed by atoms with van der Waals surface area (Å²) in [5.41, 5.74) is 2.55. The zero-order valence-corrected chi connectivity index (χ0v) is 16.3. The second kappa shape index (κ2) is 7.32. The van der Waals surface area contributed by atoms with E-state index in [1.54, 1.807) is 6.07 Å². The number of aromatic carboxylic acids is 1. The first-order chi connectivity index (χ1) is 13.5. The Labute approximate surface area is 168 Å². The maximum Gasteiger partial charge on any atom is 0.354 e. The third-order valence-corrected chi connectivity index (χ3v) is 4.67. The van der Waals surface area contributed by atoms with Gasteiger partial charge in [0, 0.05) is 35.5 Å². The number of pyridine rings is 1. The lowest BCUT2D eigenvalue weighted by molar-refractivity contribution is 0.0690. The number of nitrogens with zero attached hydrogens (tertiary/aromatic N) is 3. The predicted molar refractivity (Wildman–Crippen MR) is 109 cm³/mol. The van der Waals surface area contributed by atoms with E-state index < -0.39 is 5.97 Å². The first-order valence-electron chi connectivity index (χ1n) is 8.36. The molecule has 2 heterocycles. The molecule has 28 heavy (non-hydrogen) atoms. The van der Waals surface area contributed by atoms with Crippen LogP contribution < -0.4 is 10.1 Å². The summed E-state index contributed by atoms with van der Waals surface area (Å²) >= 11 is 3.42. The molecule has 0 saturated carbocycles. The van der Waals surface area contributed by atoms with Gasteiger partial charge in [-0.05, 0) is 42.5 Å². The van der Waals surface area contributed by atoms with Gasteiger partial charge in [0.1, 0.15) is 11.5 Å². The van der Waals surface area contributed by atoms with Gasteiger partial charge in [-0.3, -0.25) is 0 Å². The maximum atomic E-state index is 11.0. The fourth-order valence-electron chi connectivity index (χ4n) is 2.74. The van der Waals surface area contributed by atoms with Crippen molar-refractivity contribution in [2.75, 3.05) is 5.32 Å². The smallest absolute Gasteiger partial charge is 0.354 e. The average molecular weight is 439 g/mol. The molecule has 0 spiro atoms. The average Bonchev–Trinajstić information content (AvgIpc) is 2.99. The van der Waals surface area contributed by atoms with Gasteiger partial charge in [-0.2, -0.15) is 0 Å². The van der Waals surface area contributed by atoms with Crippen LogP contribution in [0.3, 0.4) is 0 Å². The van der Waals surface area contributed by atoms with E-state index in [-0.39, 0.29) is 5.69 Å². The zero-order valence-electron chi connectivity index (χ0n) is 14.8. The molecule has 0 radical (unpaired) electrons. The Balaban J connectivity index is 1.61. The minimum absolute atomic E-state index is 0.0719. The van der Waals surface area contributed by atoms with Crippen molar-refractivity contribution in [3.05, 3.63) is 71.0 Å².